The van der Waals surface area contributed by atoms with Gasteiger partial charge in [-0.1, -0.05) is 48.0 Å². The molecule has 0 spiro atoms. The Morgan fingerprint density at radius 1 is 1.10 bits per heavy atom. The van der Waals surface area contributed by atoms with E-state index in [1.165, 1.54) is 11.6 Å². The fraction of sp³-hybridized carbons (Fsp3) is 0.294. The van der Waals surface area contributed by atoms with Gasteiger partial charge in [-0.3, -0.25) is 0 Å². The lowest BCUT2D eigenvalue weighted by Gasteiger charge is -2.18. The summed E-state index contributed by atoms with van der Waals surface area (Å²) in [4.78, 5) is 0. The van der Waals surface area contributed by atoms with Gasteiger partial charge in [0, 0.05) is 18.2 Å². The molecule has 106 valence electrons. The monoisotopic (exact) mass is 273 g/mol. The van der Waals surface area contributed by atoms with E-state index in [1.807, 2.05) is 13.8 Å². The highest BCUT2D eigenvalue weighted by atomic mass is 19.1. The quantitative estimate of drug-likeness (QED) is 0.873. The first-order chi connectivity index (χ1) is 9.58. The Bertz CT molecular complexity index is 553. The van der Waals surface area contributed by atoms with Crippen molar-refractivity contribution < 1.29 is 9.50 Å². The van der Waals surface area contributed by atoms with Gasteiger partial charge in [0.05, 0.1) is 6.10 Å². The number of aryl methyl sites for hydroxylation is 1. The van der Waals surface area contributed by atoms with Crippen molar-refractivity contribution in [3.8, 4) is 0 Å². The molecule has 20 heavy (non-hydrogen) atoms. The maximum atomic E-state index is 13.5. The normalized spacial score (nSPS) is 14.0. The van der Waals surface area contributed by atoms with Gasteiger partial charge in [-0.05, 0) is 25.5 Å². The van der Waals surface area contributed by atoms with Crippen molar-refractivity contribution in [3.05, 3.63) is 71.0 Å². The molecule has 0 saturated heterocycles. The second kappa shape index (κ2) is 6.64. The van der Waals surface area contributed by atoms with E-state index in [0.717, 1.165) is 5.56 Å². The van der Waals surface area contributed by atoms with Crippen LogP contribution in [-0.4, -0.2) is 11.7 Å². The van der Waals surface area contributed by atoms with E-state index < -0.39 is 6.10 Å². The van der Waals surface area contributed by atoms with E-state index in [4.69, 9.17) is 0 Å². The van der Waals surface area contributed by atoms with Gasteiger partial charge in [0.25, 0.3) is 0 Å². The van der Waals surface area contributed by atoms with Crippen molar-refractivity contribution in [1.82, 2.24) is 5.32 Å². The van der Waals surface area contributed by atoms with Crippen molar-refractivity contribution in [3.63, 3.8) is 0 Å². The van der Waals surface area contributed by atoms with Crippen LogP contribution < -0.4 is 5.32 Å². The summed E-state index contributed by atoms with van der Waals surface area (Å²) in [6.07, 6.45) is -0.843. The number of aliphatic hydroxyl groups is 1. The molecule has 0 aliphatic carbocycles. The van der Waals surface area contributed by atoms with Crippen LogP contribution in [0.1, 0.15) is 35.8 Å². The van der Waals surface area contributed by atoms with Crippen molar-refractivity contribution in [2.24, 2.45) is 0 Å². The standard InChI is InChI=1S/C17H20FNO/c1-12-7-9-14(10-8-12)13(2)19-11-17(20)15-5-3-4-6-16(15)18/h3-10,13,17,19-20H,11H2,1-2H3/t13-,17?/m1/s1. The third-order valence-corrected chi connectivity index (χ3v) is 3.46. The van der Waals surface area contributed by atoms with E-state index in [0.29, 0.717) is 12.1 Å². The van der Waals surface area contributed by atoms with Gasteiger partial charge in [0.15, 0.2) is 0 Å². The Kier molecular flexibility index (Phi) is 4.88. The van der Waals surface area contributed by atoms with Crippen LogP contribution in [0, 0.1) is 12.7 Å². The minimum absolute atomic E-state index is 0.108. The van der Waals surface area contributed by atoms with Gasteiger partial charge in [-0.15, -0.1) is 0 Å². The van der Waals surface area contributed by atoms with Crippen LogP contribution in [0.3, 0.4) is 0 Å². The average molecular weight is 273 g/mol. The maximum absolute atomic E-state index is 13.5. The first kappa shape index (κ1) is 14.7. The van der Waals surface area contributed by atoms with Crippen LogP contribution in [0.2, 0.25) is 0 Å². The second-order valence-corrected chi connectivity index (χ2v) is 5.08. The zero-order valence-corrected chi connectivity index (χ0v) is 11.8. The smallest absolute Gasteiger partial charge is 0.129 e. The molecule has 2 rings (SSSR count). The number of halogens is 1. The zero-order chi connectivity index (χ0) is 14.5. The predicted molar refractivity (Wildman–Crippen MR) is 79.0 cm³/mol. The van der Waals surface area contributed by atoms with Crippen molar-refractivity contribution in [2.45, 2.75) is 26.0 Å². The molecule has 2 atom stereocenters. The van der Waals surface area contributed by atoms with Crippen LogP contribution in [0.4, 0.5) is 4.39 Å². The zero-order valence-electron chi connectivity index (χ0n) is 11.8. The van der Waals surface area contributed by atoms with Crippen LogP contribution in [0.15, 0.2) is 48.5 Å². The third kappa shape index (κ3) is 3.65. The Balaban J connectivity index is 1.95. The molecule has 0 radical (unpaired) electrons. The summed E-state index contributed by atoms with van der Waals surface area (Å²) in [5.41, 5.74) is 2.69. The highest BCUT2D eigenvalue weighted by Gasteiger charge is 2.13. The molecule has 0 aliphatic heterocycles. The van der Waals surface area contributed by atoms with Crippen LogP contribution in [0.25, 0.3) is 0 Å². The molecule has 0 aromatic heterocycles. The minimum Gasteiger partial charge on any atom is -0.387 e. The largest absolute Gasteiger partial charge is 0.387 e. The molecule has 2 aromatic rings. The Hall–Kier alpha value is -1.71. The third-order valence-electron chi connectivity index (χ3n) is 3.46. The summed E-state index contributed by atoms with van der Waals surface area (Å²) in [7, 11) is 0. The Labute approximate surface area is 119 Å². The lowest BCUT2D eigenvalue weighted by atomic mass is 10.1. The topological polar surface area (TPSA) is 32.3 Å². The molecule has 0 aliphatic rings. The Morgan fingerprint density at radius 2 is 1.75 bits per heavy atom. The lowest BCUT2D eigenvalue weighted by molar-refractivity contribution is 0.166. The molecule has 0 heterocycles. The van der Waals surface area contributed by atoms with Crippen molar-refractivity contribution in [1.29, 1.82) is 0 Å². The van der Waals surface area contributed by atoms with Gasteiger partial charge in [-0.2, -0.15) is 0 Å². The fourth-order valence-electron chi connectivity index (χ4n) is 2.12. The van der Waals surface area contributed by atoms with Gasteiger partial charge >= 0.3 is 0 Å². The van der Waals surface area contributed by atoms with E-state index in [9.17, 15) is 9.50 Å². The number of hydrogen-bond donors (Lipinski definition) is 2. The van der Waals surface area contributed by atoms with Crippen LogP contribution >= 0.6 is 0 Å². The number of rotatable bonds is 5. The number of hydrogen-bond acceptors (Lipinski definition) is 2. The molecule has 2 nitrogen and oxygen atoms in total. The predicted octanol–water partition coefficient (Wildman–Crippen LogP) is 3.52. The lowest BCUT2D eigenvalue weighted by Crippen LogP contribution is -2.25. The fourth-order valence-corrected chi connectivity index (χ4v) is 2.12. The minimum atomic E-state index is -0.843. The van der Waals surface area contributed by atoms with Gasteiger partial charge < -0.3 is 10.4 Å². The summed E-state index contributed by atoms with van der Waals surface area (Å²) in [5, 5.41) is 13.3. The van der Waals surface area contributed by atoms with E-state index >= 15 is 0 Å². The van der Waals surface area contributed by atoms with E-state index in [1.54, 1.807) is 18.2 Å². The summed E-state index contributed by atoms with van der Waals surface area (Å²) >= 11 is 0. The van der Waals surface area contributed by atoms with Crippen LogP contribution in [-0.2, 0) is 0 Å². The SMILES string of the molecule is Cc1ccc([C@@H](C)NCC(O)c2ccccc2F)cc1. The Morgan fingerprint density at radius 3 is 2.40 bits per heavy atom. The number of benzene rings is 2. The summed E-state index contributed by atoms with van der Waals surface area (Å²) in [6, 6.07) is 14.7. The first-order valence-corrected chi connectivity index (χ1v) is 6.80. The highest BCUT2D eigenvalue weighted by molar-refractivity contribution is 5.24. The molecule has 0 saturated carbocycles. The molecule has 0 bridgehead atoms. The van der Waals surface area contributed by atoms with Crippen LogP contribution in [0.5, 0.6) is 0 Å². The molecule has 1 unspecified atom stereocenters. The summed E-state index contributed by atoms with van der Waals surface area (Å²) in [5.74, 6) is -0.371. The summed E-state index contributed by atoms with van der Waals surface area (Å²) < 4.78 is 13.5. The summed E-state index contributed by atoms with van der Waals surface area (Å²) in [6.45, 7) is 4.39. The molecular weight excluding hydrogens is 253 g/mol. The average Bonchev–Trinajstić information content (AvgIpc) is 2.45. The number of nitrogens with one attached hydrogen (secondary N) is 1. The number of aliphatic hydroxyl groups excluding tert-OH is 1. The van der Waals surface area contributed by atoms with Crippen molar-refractivity contribution in [2.75, 3.05) is 6.54 Å². The van der Waals surface area contributed by atoms with E-state index in [-0.39, 0.29) is 11.9 Å². The first-order valence-electron chi connectivity index (χ1n) is 6.80. The van der Waals surface area contributed by atoms with Gasteiger partial charge in [0.1, 0.15) is 5.82 Å². The second-order valence-electron chi connectivity index (χ2n) is 5.08. The van der Waals surface area contributed by atoms with E-state index in [2.05, 4.69) is 29.6 Å². The molecule has 0 fully saturated rings. The van der Waals surface area contributed by atoms with Crippen molar-refractivity contribution >= 4 is 0 Å². The molecule has 2 aromatic carbocycles. The maximum Gasteiger partial charge on any atom is 0.129 e. The molecular formula is C17H20FNO. The van der Waals surface area contributed by atoms with Gasteiger partial charge in [-0.25, -0.2) is 4.39 Å². The molecule has 0 amide bonds. The molecule has 3 heteroatoms. The van der Waals surface area contributed by atoms with Gasteiger partial charge in [0.2, 0.25) is 0 Å². The highest BCUT2D eigenvalue weighted by Crippen LogP contribution is 2.18. The molecule has 2 N–H and O–H groups in total.